The Balaban J connectivity index is 1.72. The van der Waals surface area contributed by atoms with Crippen molar-refractivity contribution in [3.8, 4) is 0 Å². The summed E-state index contributed by atoms with van der Waals surface area (Å²) >= 11 is 0. The summed E-state index contributed by atoms with van der Waals surface area (Å²) in [5.41, 5.74) is 0.901. The maximum absolute atomic E-state index is 12.5. The average molecular weight is 277 g/mol. The van der Waals surface area contributed by atoms with Crippen LogP contribution in [0.15, 0.2) is 29.2 Å². The van der Waals surface area contributed by atoms with Crippen LogP contribution < -0.4 is 0 Å². The number of sulfone groups is 1. The normalized spacial score (nSPS) is 31.1. The van der Waals surface area contributed by atoms with Crippen molar-refractivity contribution >= 4 is 15.7 Å². The first-order valence-corrected chi connectivity index (χ1v) is 8.25. The Kier molecular flexibility index (Phi) is 2.17. The van der Waals surface area contributed by atoms with Gasteiger partial charge in [-0.05, 0) is 24.5 Å². The van der Waals surface area contributed by atoms with E-state index < -0.39 is 15.1 Å². The summed E-state index contributed by atoms with van der Waals surface area (Å²) in [5.74, 6) is 0.294. The number of carbonyl (C=O) groups is 1. The number of nitrogens with zero attached hydrogens (tertiary/aromatic N) is 1. The first-order chi connectivity index (χ1) is 9.09. The molecule has 5 heteroatoms. The fourth-order valence-electron chi connectivity index (χ4n) is 3.36. The average Bonchev–Trinajstić information content (AvgIpc) is 3.11. The summed E-state index contributed by atoms with van der Waals surface area (Å²) < 4.78 is 25.0. The third-order valence-corrected chi connectivity index (χ3v) is 6.79. The molecule has 1 aliphatic carbocycles. The van der Waals surface area contributed by atoms with Crippen LogP contribution in [0.25, 0.3) is 0 Å². The molecule has 1 aromatic carbocycles. The van der Waals surface area contributed by atoms with Gasteiger partial charge in [-0.15, -0.1) is 0 Å². The van der Waals surface area contributed by atoms with Crippen LogP contribution in [0.1, 0.15) is 24.3 Å². The molecule has 4 nitrogen and oxygen atoms in total. The van der Waals surface area contributed by atoms with Crippen LogP contribution in [0.4, 0.5) is 0 Å². The zero-order chi connectivity index (χ0) is 13.2. The van der Waals surface area contributed by atoms with E-state index in [1.165, 1.54) is 0 Å². The minimum atomic E-state index is -3.25. The Morgan fingerprint density at radius 2 is 1.89 bits per heavy atom. The van der Waals surface area contributed by atoms with Gasteiger partial charge in [0.05, 0.1) is 10.1 Å². The second-order valence-corrected chi connectivity index (χ2v) is 7.88. The molecule has 0 spiro atoms. The zero-order valence-electron chi connectivity index (χ0n) is 10.5. The third kappa shape index (κ3) is 1.51. The highest BCUT2D eigenvalue weighted by Crippen LogP contribution is 2.45. The topological polar surface area (TPSA) is 54.5 Å². The molecule has 1 saturated heterocycles. The zero-order valence-corrected chi connectivity index (χ0v) is 11.3. The fraction of sp³-hybridized carbons (Fsp3) is 0.500. The minimum Gasteiger partial charge on any atom is -0.340 e. The van der Waals surface area contributed by atoms with E-state index in [4.69, 9.17) is 0 Å². The van der Waals surface area contributed by atoms with E-state index in [1.807, 2.05) is 12.1 Å². The molecule has 2 aliphatic heterocycles. The van der Waals surface area contributed by atoms with Gasteiger partial charge in [-0.1, -0.05) is 18.2 Å². The molecule has 2 fully saturated rings. The van der Waals surface area contributed by atoms with Gasteiger partial charge in [0.2, 0.25) is 5.91 Å². The Hall–Kier alpha value is -1.36. The van der Waals surface area contributed by atoms with Crippen LogP contribution in [0.2, 0.25) is 0 Å². The van der Waals surface area contributed by atoms with Crippen LogP contribution in [0.3, 0.4) is 0 Å². The van der Waals surface area contributed by atoms with Gasteiger partial charge in [-0.25, -0.2) is 8.42 Å². The third-order valence-electron chi connectivity index (χ3n) is 4.53. The summed E-state index contributed by atoms with van der Waals surface area (Å²) in [5, 5.41) is -0.424. The molecule has 100 valence electrons. The van der Waals surface area contributed by atoms with Crippen molar-refractivity contribution in [2.24, 2.45) is 5.92 Å². The second-order valence-electron chi connectivity index (χ2n) is 5.75. The molecule has 0 N–H and O–H groups in total. The van der Waals surface area contributed by atoms with E-state index in [-0.39, 0.29) is 17.7 Å². The predicted molar refractivity (Wildman–Crippen MR) is 69.5 cm³/mol. The van der Waals surface area contributed by atoms with Crippen molar-refractivity contribution in [1.29, 1.82) is 0 Å². The molecule has 3 aliphatic rings. The van der Waals surface area contributed by atoms with Gasteiger partial charge >= 0.3 is 0 Å². The number of amides is 1. The minimum absolute atomic E-state index is 0.0242. The lowest BCUT2D eigenvalue weighted by Gasteiger charge is -2.17. The van der Waals surface area contributed by atoms with Crippen LogP contribution >= 0.6 is 0 Å². The highest BCUT2D eigenvalue weighted by molar-refractivity contribution is 7.92. The molecule has 4 rings (SSSR count). The van der Waals surface area contributed by atoms with E-state index in [0.29, 0.717) is 18.0 Å². The molecule has 0 aromatic heterocycles. The van der Waals surface area contributed by atoms with E-state index in [2.05, 4.69) is 0 Å². The first kappa shape index (κ1) is 11.5. The number of carbonyl (C=O) groups excluding carboxylic acids is 1. The summed E-state index contributed by atoms with van der Waals surface area (Å²) in [6.07, 6.45) is 1.93. The second kappa shape index (κ2) is 3.60. The van der Waals surface area contributed by atoms with E-state index >= 15 is 0 Å². The maximum atomic E-state index is 12.5. The van der Waals surface area contributed by atoms with E-state index in [9.17, 15) is 13.2 Å². The molecular weight excluding hydrogens is 262 g/mol. The lowest BCUT2D eigenvalue weighted by atomic mass is 9.99. The molecular formula is C14H15NO3S. The van der Waals surface area contributed by atoms with Gasteiger partial charge in [0.15, 0.2) is 9.84 Å². The van der Waals surface area contributed by atoms with Crippen LogP contribution in [-0.4, -0.2) is 37.6 Å². The highest BCUT2D eigenvalue weighted by atomic mass is 32.2. The highest BCUT2D eigenvalue weighted by Gasteiger charge is 2.52. The summed E-state index contributed by atoms with van der Waals surface area (Å²) in [4.78, 5) is 14.3. The lowest BCUT2D eigenvalue weighted by molar-refractivity contribution is -0.131. The molecule has 0 bridgehead atoms. The molecule has 1 saturated carbocycles. The fourth-order valence-corrected chi connectivity index (χ4v) is 5.55. The summed E-state index contributed by atoms with van der Waals surface area (Å²) in [6, 6.07) is 7.23. The quantitative estimate of drug-likeness (QED) is 0.774. The number of likely N-dealkylation sites (tertiary alicyclic amines) is 1. The Labute approximate surface area is 112 Å². The monoisotopic (exact) mass is 277 g/mol. The number of benzene rings is 1. The summed E-state index contributed by atoms with van der Waals surface area (Å²) in [6.45, 7) is 0.938. The standard InChI is InChI=1S/C14H15NO3S/c16-14(9-5-6-9)15-7-11-10-3-1-2-4-12(10)19(17,18)13(11)8-15/h1-4,9,11,13H,5-8H2/t11-,13+/m1/s1. The Morgan fingerprint density at radius 3 is 2.63 bits per heavy atom. The van der Waals surface area contributed by atoms with E-state index in [1.54, 1.807) is 17.0 Å². The van der Waals surface area contributed by atoms with Crippen molar-refractivity contribution in [2.75, 3.05) is 13.1 Å². The van der Waals surface area contributed by atoms with E-state index in [0.717, 1.165) is 18.4 Å². The summed E-state index contributed by atoms with van der Waals surface area (Å²) in [7, 11) is -3.25. The van der Waals surface area contributed by atoms with Crippen molar-refractivity contribution in [1.82, 2.24) is 4.90 Å². The SMILES string of the molecule is O=C(C1CC1)N1C[C@@H]2c3ccccc3S(=O)(=O)[C@H]2C1. The van der Waals surface area contributed by atoms with Crippen molar-refractivity contribution in [2.45, 2.75) is 28.9 Å². The van der Waals surface area contributed by atoms with Gasteiger partial charge in [0.1, 0.15) is 0 Å². The van der Waals surface area contributed by atoms with Gasteiger partial charge in [-0.3, -0.25) is 4.79 Å². The van der Waals surface area contributed by atoms with Gasteiger partial charge in [0, 0.05) is 24.9 Å². The molecule has 19 heavy (non-hydrogen) atoms. The van der Waals surface area contributed by atoms with Crippen molar-refractivity contribution in [3.63, 3.8) is 0 Å². The first-order valence-electron chi connectivity index (χ1n) is 6.70. The number of rotatable bonds is 1. The molecule has 2 atom stereocenters. The van der Waals surface area contributed by atoms with Gasteiger partial charge in [0.25, 0.3) is 0 Å². The van der Waals surface area contributed by atoms with Crippen molar-refractivity contribution < 1.29 is 13.2 Å². The Morgan fingerprint density at radius 1 is 1.16 bits per heavy atom. The number of fused-ring (bicyclic) bond motifs is 3. The smallest absolute Gasteiger partial charge is 0.225 e. The Bertz CT molecular complexity index is 663. The number of hydrogen-bond donors (Lipinski definition) is 0. The molecule has 1 aromatic rings. The molecule has 1 amide bonds. The largest absolute Gasteiger partial charge is 0.340 e. The van der Waals surface area contributed by atoms with Gasteiger partial charge in [-0.2, -0.15) is 0 Å². The van der Waals surface area contributed by atoms with Crippen LogP contribution in [0.5, 0.6) is 0 Å². The van der Waals surface area contributed by atoms with Crippen LogP contribution in [-0.2, 0) is 14.6 Å². The molecule has 2 heterocycles. The van der Waals surface area contributed by atoms with Gasteiger partial charge < -0.3 is 4.90 Å². The van der Waals surface area contributed by atoms with Crippen LogP contribution in [0, 0.1) is 5.92 Å². The number of hydrogen-bond acceptors (Lipinski definition) is 3. The lowest BCUT2D eigenvalue weighted by Crippen LogP contribution is -2.32. The predicted octanol–water partition coefficient (Wildman–Crippen LogP) is 1.18. The molecule has 0 unspecified atom stereocenters. The van der Waals surface area contributed by atoms with Crippen molar-refractivity contribution in [3.05, 3.63) is 29.8 Å². The maximum Gasteiger partial charge on any atom is 0.225 e. The molecule has 0 radical (unpaired) electrons.